The molecule has 1 aromatic carbocycles. The summed E-state index contributed by atoms with van der Waals surface area (Å²) in [6, 6.07) is 7.28. The molecule has 26 heavy (non-hydrogen) atoms. The molecular formula is C20H34IN5. The van der Waals surface area contributed by atoms with Crippen molar-refractivity contribution < 1.29 is 0 Å². The Morgan fingerprint density at radius 1 is 1.15 bits per heavy atom. The molecule has 2 aliphatic rings. The number of hydrogen-bond donors (Lipinski definition) is 2. The Morgan fingerprint density at radius 3 is 2.54 bits per heavy atom. The molecule has 6 heteroatoms. The van der Waals surface area contributed by atoms with Crippen LogP contribution in [0.25, 0.3) is 0 Å². The van der Waals surface area contributed by atoms with Crippen LogP contribution in [-0.4, -0.2) is 62.7 Å². The fourth-order valence-corrected chi connectivity index (χ4v) is 3.33. The van der Waals surface area contributed by atoms with Gasteiger partial charge >= 0.3 is 0 Å². The van der Waals surface area contributed by atoms with Gasteiger partial charge in [0.15, 0.2) is 5.96 Å². The molecule has 1 aromatic rings. The summed E-state index contributed by atoms with van der Waals surface area (Å²) in [4.78, 5) is 9.79. The molecule has 2 N–H and O–H groups in total. The highest BCUT2D eigenvalue weighted by Gasteiger charge is 2.22. The van der Waals surface area contributed by atoms with E-state index in [1.807, 2.05) is 0 Å². The normalized spacial score (nSPS) is 18.4. The molecule has 0 radical (unpaired) electrons. The van der Waals surface area contributed by atoms with Gasteiger partial charge in [0.25, 0.3) is 0 Å². The van der Waals surface area contributed by atoms with Gasteiger partial charge in [0.2, 0.25) is 0 Å². The third-order valence-corrected chi connectivity index (χ3v) is 5.24. The van der Waals surface area contributed by atoms with E-state index in [1.165, 1.54) is 29.7 Å². The van der Waals surface area contributed by atoms with Crippen LogP contribution in [-0.2, 0) is 0 Å². The van der Waals surface area contributed by atoms with Crippen LogP contribution in [0.15, 0.2) is 23.2 Å². The number of rotatable bonds is 6. The largest absolute Gasteiger partial charge is 0.369 e. The molecule has 1 saturated heterocycles. The van der Waals surface area contributed by atoms with Gasteiger partial charge in [0.1, 0.15) is 0 Å². The highest BCUT2D eigenvalue weighted by atomic mass is 127. The molecule has 0 spiro atoms. The van der Waals surface area contributed by atoms with Crippen molar-refractivity contribution in [2.45, 2.75) is 39.7 Å². The van der Waals surface area contributed by atoms with E-state index in [1.54, 1.807) is 0 Å². The van der Waals surface area contributed by atoms with Crippen LogP contribution in [0.3, 0.4) is 0 Å². The van der Waals surface area contributed by atoms with Crippen LogP contribution in [0.4, 0.5) is 5.69 Å². The maximum atomic E-state index is 4.73. The number of aryl methyl sites for hydroxylation is 1. The van der Waals surface area contributed by atoms with Gasteiger partial charge in [-0.15, -0.1) is 24.0 Å². The molecule has 1 aliphatic carbocycles. The second kappa shape index (κ2) is 10.3. The average molecular weight is 471 g/mol. The smallest absolute Gasteiger partial charge is 0.191 e. The maximum Gasteiger partial charge on any atom is 0.191 e. The molecule has 0 aromatic heterocycles. The zero-order chi connectivity index (χ0) is 17.6. The number of nitrogens with zero attached hydrogens (tertiary/aromatic N) is 3. The quantitative estimate of drug-likeness (QED) is 0.381. The minimum atomic E-state index is 0. The molecule has 0 amide bonds. The predicted molar refractivity (Wildman–Crippen MR) is 122 cm³/mol. The predicted octanol–water partition coefficient (Wildman–Crippen LogP) is 2.76. The molecule has 0 bridgehead atoms. The van der Waals surface area contributed by atoms with Crippen LogP contribution < -0.4 is 15.5 Å². The summed E-state index contributed by atoms with van der Waals surface area (Å²) in [5, 5.41) is 6.83. The molecule has 3 rings (SSSR count). The minimum Gasteiger partial charge on any atom is -0.369 e. The van der Waals surface area contributed by atoms with Crippen LogP contribution >= 0.6 is 24.0 Å². The molecule has 0 unspecified atom stereocenters. The lowest BCUT2D eigenvalue weighted by atomic mass is 10.1. The molecule has 1 saturated carbocycles. The molecule has 5 nitrogen and oxygen atoms in total. The Hall–Kier alpha value is -1.02. The minimum absolute atomic E-state index is 0. The first-order valence-electron chi connectivity index (χ1n) is 9.75. The molecule has 1 aliphatic heterocycles. The van der Waals surface area contributed by atoms with Crippen molar-refractivity contribution in [1.82, 2.24) is 15.5 Å². The van der Waals surface area contributed by atoms with Gasteiger partial charge in [0, 0.05) is 51.0 Å². The third kappa shape index (κ3) is 6.01. The highest BCUT2D eigenvalue weighted by molar-refractivity contribution is 14.0. The van der Waals surface area contributed by atoms with Crippen LogP contribution in [0.5, 0.6) is 0 Å². The fourth-order valence-electron chi connectivity index (χ4n) is 3.33. The summed E-state index contributed by atoms with van der Waals surface area (Å²) in [6.45, 7) is 13.8. The topological polar surface area (TPSA) is 42.9 Å². The van der Waals surface area contributed by atoms with Crippen molar-refractivity contribution in [1.29, 1.82) is 0 Å². The van der Waals surface area contributed by atoms with Crippen molar-refractivity contribution in [3.8, 4) is 0 Å². The van der Waals surface area contributed by atoms with E-state index < -0.39 is 0 Å². The van der Waals surface area contributed by atoms with Crippen LogP contribution in [0, 0.1) is 13.8 Å². The number of nitrogens with one attached hydrogen (secondary N) is 2. The van der Waals surface area contributed by atoms with Crippen molar-refractivity contribution in [2.24, 2.45) is 4.99 Å². The lowest BCUT2D eigenvalue weighted by molar-refractivity contribution is 0.265. The first-order valence-corrected chi connectivity index (χ1v) is 9.75. The molecule has 146 valence electrons. The Bertz CT molecular complexity index is 592. The lowest BCUT2D eigenvalue weighted by Gasteiger charge is -2.36. The number of aliphatic imine (C=N–C) groups is 1. The Morgan fingerprint density at radius 2 is 1.88 bits per heavy atom. The van der Waals surface area contributed by atoms with E-state index in [4.69, 9.17) is 4.99 Å². The van der Waals surface area contributed by atoms with E-state index in [0.717, 1.165) is 51.8 Å². The summed E-state index contributed by atoms with van der Waals surface area (Å²) in [6.07, 6.45) is 2.56. The van der Waals surface area contributed by atoms with Crippen molar-refractivity contribution in [2.75, 3.05) is 50.7 Å². The van der Waals surface area contributed by atoms with Crippen LogP contribution in [0.1, 0.15) is 30.9 Å². The van der Waals surface area contributed by atoms with Crippen molar-refractivity contribution in [3.05, 3.63) is 29.3 Å². The zero-order valence-corrected chi connectivity index (χ0v) is 18.8. The number of halogens is 1. The van der Waals surface area contributed by atoms with Gasteiger partial charge in [-0.05, 0) is 50.8 Å². The molecule has 0 atom stereocenters. The maximum absolute atomic E-state index is 4.73. The summed E-state index contributed by atoms with van der Waals surface area (Å²) in [5.41, 5.74) is 4.20. The number of piperazine rings is 1. The van der Waals surface area contributed by atoms with Gasteiger partial charge in [-0.2, -0.15) is 0 Å². The number of hydrogen-bond acceptors (Lipinski definition) is 3. The number of benzene rings is 1. The van der Waals surface area contributed by atoms with Crippen molar-refractivity contribution in [3.63, 3.8) is 0 Å². The van der Waals surface area contributed by atoms with Crippen molar-refractivity contribution >= 4 is 35.6 Å². The summed E-state index contributed by atoms with van der Waals surface area (Å²) in [7, 11) is 0. The standard InChI is InChI=1S/C20H33N5.HI/c1-4-21-20(23-18-8-9-18)22-10-11-24-12-14-25(15-13-24)19-7-5-6-16(2)17(19)3;/h5-7,18H,4,8-15H2,1-3H3,(H2,21,22,23);1H. The van der Waals surface area contributed by atoms with Crippen LogP contribution in [0.2, 0.25) is 0 Å². The van der Waals surface area contributed by atoms with Gasteiger partial charge < -0.3 is 15.5 Å². The lowest BCUT2D eigenvalue weighted by Crippen LogP contribution is -2.47. The number of guanidine groups is 1. The fraction of sp³-hybridized carbons (Fsp3) is 0.650. The Balaban J connectivity index is 0.00000243. The SMILES string of the molecule is CCNC(=NCCN1CCN(c2cccc(C)c2C)CC1)NC1CC1.I. The average Bonchev–Trinajstić information content (AvgIpc) is 3.42. The third-order valence-electron chi connectivity index (χ3n) is 5.24. The molecule has 1 heterocycles. The highest BCUT2D eigenvalue weighted by Crippen LogP contribution is 2.23. The van der Waals surface area contributed by atoms with E-state index in [2.05, 4.69) is 59.4 Å². The summed E-state index contributed by atoms with van der Waals surface area (Å²) < 4.78 is 0. The summed E-state index contributed by atoms with van der Waals surface area (Å²) in [5.74, 6) is 0.985. The van der Waals surface area contributed by atoms with Gasteiger partial charge in [-0.1, -0.05) is 12.1 Å². The first kappa shape index (κ1) is 21.3. The Labute approximate surface area is 175 Å². The van der Waals surface area contributed by atoms with Gasteiger partial charge in [-0.25, -0.2) is 0 Å². The zero-order valence-electron chi connectivity index (χ0n) is 16.4. The second-order valence-electron chi connectivity index (χ2n) is 7.23. The van der Waals surface area contributed by atoms with E-state index in [0.29, 0.717) is 6.04 Å². The number of anilines is 1. The van der Waals surface area contributed by atoms with E-state index in [9.17, 15) is 0 Å². The first-order chi connectivity index (χ1) is 12.2. The Kier molecular flexibility index (Phi) is 8.47. The monoisotopic (exact) mass is 471 g/mol. The van der Waals surface area contributed by atoms with E-state index in [-0.39, 0.29) is 24.0 Å². The van der Waals surface area contributed by atoms with E-state index >= 15 is 0 Å². The van der Waals surface area contributed by atoms with Gasteiger partial charge in [0.05, 0.1) is 6.54 Å². The second-order valence-corrected chi connectivity index (χ2v) is 7.23. The molecule has 2 fully saturated rings. The van der Waals surface area contributed by atoms with Gasteiger partial charge in [-0.3, -0.25) is 9.89 Å². The summed E-state index contributed by atoms with van der Waals surface area (Å²) >= 11 is 0. The molecular weight excluding hydrogens is 437 g/mol.